The Bertz CT molecular complexity index is 528. The number of ether oxygens (including phenoxy) is 2. The van der Waals surface area contributed by atoms with Crippen LogP contribution in [0.2, 0.25) is 0 Å². The minimum Gasteiger partial charge on any atom is -0.508 e. The molecular formula is C14H17NO6. The van der Waals surface area contributed by atoms with Gasteiger partial charge in [-0.1, -0.05) is 6.07 Å². The zero-order valence-corrected chi connectivity index (χ0v) is 11.8. The van der Waals surface area contributed by atoms with Crippen LogP contribution < -0.4 is 5.32 Å². The predicted molar refractivity (Wildman–Crippen MR) is 72.6 cm³/mol. The summed E-state index contributed by atoms with van der Waals surface area (Å²) >= 11 is 0. The van der Waals surface area contributed by atoms with E-state index < -0.39 is 23.9 Å². The molecule has 0 aliphatic carbocycles. The van der Waals surface area contributed by atoms with Gasteiger partial charge in [0.05, 0.1) is 14.2 Å². The van der Waals surface area contributed by atoms with Gasteiger partial charge in [0.15, 0.2) is 0 Å². The molecule has 114 valence electrons. The van der Waals surface area contributed by atoms with Gasteiger partial charge in [0.25, 0.3) is 5.91 Å². The third-order valence-electron chi connectivity index (χ3n) is 2.76. The van der Waals surface area contributed by atoms with E-state index in [0.29, 0.717) is 0 Å². The number of nitrogens with one attached hydrogen (secondary N) is 1. The predicted octanol–water partition coefficient (Wildman–Crippen LogP) is 0.617. The first kappa shape index (κ1) is 16.5. The van der Waals surface area contributed by atoms with Gasteiger partial charge in [0.2, 0.25) is 0 Å². The third kappa shape index (κ3) is 5.13. The lowest BCUT2D eigenvalue weighted by Gasteiger charge is -2.16. The highest BCUT2D eigenvalue weighted by Gasteiger charge is 2.23. The number of carbonyl (C=O) groups is 3. The van der Waals surface area contributed by atoms with E-state index in [0.717, 1.165) is 0 Å². The molecule has 0 fully saturated rings. The standard InChI is InChI=1S/C14H17NO6/c1-20-12(17)7-6-11(14(19)21-2)15-13(18)9-4-3-5-10(16)8-9/h3-5,8,11,16H,6-7H2,1-2H3,(H,15,18)/t11-/m1/s1. The number of phenols is 1. The van der Waals surface area contributed by atoms with E-state index >= 15 is 0 Å². The highest BCUT2D eigenvalue weighted by Crippen LogP contribution is 2.11. The van der Waals surface area contributed by atoms with Gasteiger partial charge < -0.3 is 19.9 Å². The van der Waals surface area contributed by atoms with Gasteiger partial charge in [-0.3, -0.25) is 9.59 Å². The number of methoxy groups -OCH3 is 2. The molecule has 0 saturated carbocycles. The van der Waals surface area contributed by atoms with Crippen molar-refractivity contribution in [2.75, 3.05) is 14.2 Å². The van der Waals surface area contributed by atoms with Crippen LogP contribution in [0, 0.1) is 0 Å². The molecule has 0 aliphatic heterocycles. The highest BCUT2D eigenvalue weighted by molar-refractivity contribution is 5.97. The molecule has 1 atom stereocenters. The van der Waals surface area contributed by atoms with Crippen molar-refractivity contribution in [3.63, 3.8) is 0 Å². The van der Waals surface area contributed by atoms with Crippen LogP contribution in [-0.2, 0) is 19.1 Å². The Kier molecular flexibility index (Phi) is 6.19. The van der Waals surface area contributed by atoms with Gasteiger partial charge in [-0.15, -0.1) is 0 Å². The number of hydrogen-bond donors (Lipinski definition) is 2. The van der Waals surface area contributed by atoms with Crippen LogP contribution in [-0.4, -0.2) is 43.2 Å². The smallest absolute Gasteiger partial charge is 0.328 e. The molecular weight excluding hydrogens is 278 g/mol. The lowest BCUT2D eigenvalue weighted by molar-refractivity contribution is -0.144. The molecule has 2 N–H and O–H groups in total. The van der Waals surface area contributed by atoms with Crippen LogP contribution in [0.5, 0.6) is 5.75 Å². The Balaban J connectivity index is 2.73. The maximum absolute atomic E-state index is 12.0. The maximum Gasteiger partial charge on any atom is 0.328 e. The normalized spacial score (nSPS) is 11.3. The van der Waals surface area contributed by atoms with Crippen LogP contribution in [0.15, 0.2) is 24.3 Å². The van der Waals surface area contributed by atoms with E-state index in [1.165, 1.54) is 38.5 Å². The molecule has 0 spiro atoms. The van der Waals surface area contributed by atoms with E-state index in [1.807, 2.05) is 0 Å². The SMILES string of the molecule is COC(=O)CC[C@@H](NC(=O)c1cccc(O)c1)C(=O)OC. The summed E-state index contributed by atoms with van der Waals surface area (Å²) in [5, 5.41) is 11.8. The van der Waals surface area contributed by atoms with Gasteiger partial charge in [-0.25, -0.2) is 4.79 Å². The molecule has 0 aromatic heterocycles. The second kappa shape index (κ2) is 7.88. The number of rotatable bonds is 6. The van der Waals surface area contributed by atoms with E-state index in [9.17, 15) is 19.5 Å². The zero-order valence-electron chi connectivity index (χ0n) is 11.8. The Morgan fingerprint density at radius 1 is 1.24 bits per heavy atom. The van der Waals surface area contributed by atoms with Crippen molar-refractivity contribution in [1.82, 2.24) is 5.32 Å². The van der Waals surface area contributed by atoms with Crippen molar-refractivity contribution < 1.29 is 29.0 Å². The number of aromatic hydroxyl groups is 1. The Morgan fingerprint density at radius 3 is 2.52 bits per heavy atom. The molecule has 0 unspecified atom stereocenters. The lowest BCUT2D eigenvalue weighted by Crippen LogP contribution is -2.41. The molecule has 0 heterocycles. The van der Waals surface area contributed by atoms with E-state index in [4.69, 9.17) is 0 Å². The van der Waals surface area contributed by atoms with Gasteiger partial charge in [0.1, 0.15) is 11.8 Å². The fourth-order valence-electron chi connectivity index (χ4n) is 1.64. The topological polar surface area (TPSA) is 102 Å². The second-order valence-electron chi connectivity index (χ2n) is 4.21. The molecule has 0 bridgehead atoms. The molecule has 0 radical (unpaired) electrons. The van der Waals surface area contributed by atoms with Crippen LogP contribution in [0.4, 0.5) is 0 Å². The summed E-state index contributed by atoms with van der Waals surface area (Å²) in [5.41, 5.74) is 0.196. The first-order valence-corrected chi connectivity index (χ1v) is 6.22. The molecule has 0 aliphatic rings. The summed E-state index contributed by atoms with van der Waals surface area (Å²) < 4.78 is 9.07. The van der Waals surface area contributed by atoms with Crippen molar-refractivity contribution in [1.29, 1.82) is 0 Å². The Labute approximate surface area is 121 Å². The fourth-order valence-corrected chi connectivity index (χ4v) is 1.64. The summed E-state index contributed by atoms with van der Waals surface area (Å²) in [6.07, 6.45) is 0.0283. The number of esters is 2. The van der Waals surface area contributed by atoms with Crippen molar-refractivity contribution in [3.05, 3.63) is 29.8 Å². The first-order chi connectivity index (χ1) is 9.97. The third-order valence-corrected chi connectivity index (χ3v) is 2.76. The monoisotopic (exact) mass is 295 g/mol. The summed E-state index contributed by atoms with van der Waals surface area (Å²) in [5.74, 6) is -1.76. The van der Waals surface area contributed by atoms with Gasteiger partial charge >= 0.3 is 11.9 Å². The van der Waals surface area contributed by atoms with Crippen molar-refractivity contribution in [3.8, 4) is 5.75 Å². The first-order valence-electron chi connectivity index (χ1n) is 6.22. The van der Waals surface area contributed by atoms with Gasteiger partial charge in [0, 0.05) is 12.0 Å². The Morgan fingerprint density at radius 2 is 1.95 bits per heavy atom. The average Bonchev–Trinajstić information content (AvgIpc) is 2.49. The molecule has 7 heteroatoms. The quantitative estimate of drug-likeness (QED) is 0.746. The minimum atomic E-state index is -0.969. The number of phenolic OH excluding ortho intramolecular Hbond substituents is 1. The maximum atomic E-state index is 12.0. The highest BCUT2D eigenvalue weighted by atomic mass is 16.5. The molecule has 1 aromatic rings. The summed E-state index contributed by atoms with van der Waals surface area (Å²) in [6.45, 7) is 0. The fraction of sp³-hybridized carbons (Fsp3) is 0.357. The number of benzene rings is 1. The largest absolute Gasteiger partial charge is 0.508 e. The number of amides is 1. The summed E-state index contributed by atoms with van der Waals surface area (Å²) in [4.78, 5) is 34.7. The van der Waals surface area contributed by atoms with Crippen LogP contribution >= 0.6 is 0 Å². The molecule has 21 heavy (non-hydrogen) atoms. The van der Waals surface area contributed by atoms with E-state index in [1.54, 1.807) is 0 Å². The van der Waals surface area contributed by atoms with Crippen LogP contribution in [0.25, 0.3) is 0 Å². The summed E-state index contributed by atoms with van der Waals surface area (Å²) in [7, 11) is 2.43. The van der Waals surface area contributed by atoms with E-state index in [2.05, 4.69) is 14.8 Å². The second-order valence-corrected chi connectivity index (χ2v) is 4.21. The lowest BCUT2D eigenvalue weighted by atomic mass is 10.1. The minimum absolute atomic E-state index is 0.0312. The molecule has 1 rings (SSSR count). The molecule has 0 saturated heterocycles. The molecule has 1 aromatic carbocycles. The zero-order chi connectivity index (χ0) is 15.8. The van der Waals surface area contributed by atoms with Gasteiger partial charge in [-0.05, 0) is 24.6 Å². The molecule has 7 nitrogen and oxygen atoms in total. The van der Waals surface area contributed by atoms with Crippen molar-refractivity contribution in [2.45, 2.75) is 18.9 Å². The van der Waals surface area contributed by atoms with Crippen molar-refractivity contribution in [2.24, 2.45) is 0 Å². The number of hydrogen-bond acceptors (Lipinski definition) is 6. The average molecular weight is 295 g/mol. The van der Waals surface area contributed by atoms with Crippen LogP contribution in [0.1, 0.15) is 23.2 Å². The van der Waals surface area contributed by atoms with Crippen LogP contribution in [0.3, 0.4) is 0 Å². The molecule has 1 amide bonds. The van der Waals surface area contributed by atoms with Crippen molar-refractivity contribution >= 4 is 17.8 Å². The summed E-state index contributed by atoms with van der Waals surface area (Å²) in [6, 6.07) is 4.72. The Hall–Kier alpha value is -2.57. The number of carbonyl (C=O) groups excluding carboxylic acids is 3. The van der Waals surface area contributed by atoms with Gasteiger partial charge in [-0.2, -0.15) is 0 Å². The van der Waals surface area contributed by atoms with E-state index in [-0.39, 0.29) is 24.2 Å².